The first kappa shape index (κ1) is 10.5. The van der Waals surface area contributed by atoms with Gasteiger partial charge in [0.1, 0.15) is 11.8 Å². The molecule has 17 heavy (non-hydrogen) atoms. The standard InChI is InChI=1S/C14H16N2O/c1-17-13-5-3-11(8-15)14(7-13)16-9-10-2-4-12(16)6-10/h3,5,7,10,12H,2,4,6,9H2,1H3. The van der Waals surface area contributed by atoms with Gasteiger partial charge in [0.05, 0.1) is 18.4 Å². The molecule has 2 bridgehead atoms. The van der Waals surface area contributed by atoms with Crippen molar-refractivity contribution in [2.24, 2.45) is 5.92 Å². The summed E-state index contributed by atoms with van der Waals surface area (Å²) in [6.07, 6.45) is 3.92. The number of hydrogen-bond donors (Lipinski definition) is 0. The van der Waals surface area contributed by atoms with Crippen molar-refractivity contribution in [3.8, 4) is 11.8 Å². The van der Waals surface area contributed by atoms with Gasteiger partial charge in [-0.2, -0.15) is 5.26 Å². The molecule has 0 radical (unpaired) electrons. The molecule has 0 aromatic heterocycles. The Balaban J connectivity index is 1.98. The van der Waals surface area contributed by atoms with Gasteiger partial charge >= 0.3 is 0 Å². The number of methoxy groups -OCH3 is 1. The molecule has 1 aromatic rings. The number of piperidine rings is 1. The fraction of sp³-hybridized carbons (Fsp3) is 0.500. The zero-order valence-corrected chi connectivity index (χ0v) is 10.0. The molecule has 3 rings (SSSR count). The van der Waals surface area contributed by atoms with Crippen LogP contribution in [0, 0.1) is 17.2 Å². The maximum Gasteiger partial charge on any atom is 0.121 e. The molecule has 0 spiro atoms. The van der Waals surface area contributed by atoms with Gasteiger partial charge in [0.2, 0.25) is 0 Å². The fourth-order valence-corrected chi connectivity index (χ4v) is 3.19. The average molecular weight is 228 g/mol. The third kappa shape index (κ3) is 1.64. The Bertz CT molecular complexity index is 478. The first-order chi connectivity index (χ1) is 8.31. The van der Waals surface area contributed by atoms with Crippen molar-refractivity contribution in [2.75, 3.05) is 18.6 Å². The molecule has 3 nitrogen and oxygen atoms in total. The Labute approximate surface area is 102 Å². The molecular formula is C14H16N2O. The minimum atomic E-state index is 0.638. The highest BCUT2D eigenvalue weighted by molar-refractivity contribution is 5.63. The van der Waals surface area contributed by atoms with Crippen LogP contribution in [0.4, 0.5) is 5.69 Å². The zero-order chi connectivity index (χ0) is 11.8. The molecule has 0 N–H and O–H groups in total. The molecule has 2 atom stereocenters. The lowest BCUT2D eigenvalue weighted by Gasteiger charge is -2.30. The van der Waals surface area contributed by atoms with E-state index in [1.807, 2.05) is 18.2 Å². The maximum atomic E-state index is 9.20. The van der Waals surface area contributed by atoms with E-state index in [4.69, 9.17) is 4.74 Å². The minimum Gasteiger partial charge on any atom is -0.497 e. The number of anilines is 1. The molecule has 2 unspecified atom stereocenters. The van der Waals surface area contributed by atoms with Gasteiger partial charge in [0, 0.05) is 18.7 Å². The van der Waals surface area contributed by atoms with Gasteiger partial charge in [0.15, 0.2) is 0 Å². The smallest absolute Gasteiger partial charge is 0.121 e. The highest BCUT2D eigenvalue weighted by atomic mass is 16.5. The largest absolute Gasteiger partial charge is 0.497 e. The van der Waals surface area contributed by atoms with E-state index in [0.29, 0.717) is 6.04 Å². The first-order valence-corrected chi connectivity index (χ1v) is 6.16. The van der Waals surface area contributed by atoms with Crippen LogP contribution in [-0.2, 0) is 0 Å². The summed E-state index contributed by atoms with van der Waals surface area (Å²) in [5, 5.41) is 9.20. The molecule has 2 aliphatic rings. The predicted octanol–water partition coefficient (Wildman–Crippen LogP) is 2.56. The normalized spacial score (nSPS) is 26.0. The van der Waals surface area contributed by atoms with Crippen LogP contribution in [0.1, 0.15) is 24.8 Å². The quantitative estimate of drug-likeness (QED) is 0.780. The third-order valence-corrected chi connectivity index (χ3v) is 4.04. The summed E-state index contributed by atoms with van der Waals surface area (Å²) in [7, 11) is 1.67. The molecule has 1 aliphatic heterocycles. The van der Waals surface area contributed by atoms with Crippen molar-refractivity contribution in [1.82, 2.24) is 0 Å². The number of benzene rings is 1. The van der Waals surface area contributed by atoms with E-state index in [1.165, 1.54) is 19.3 Å². The van der Waals surface area contributed by atoms with Crippen LogP contribution in [0.15, 0.2) is 18.2 Å². The van der Waals surface area contributed by atoms with Crippen molar-refractivity contribution in [1.29, 1.82) is 5.26 Å². The minimum absolute atomic E-state index is 0.638. The zero-order valence-electron chi connectivity index (χ0n) is 10.0. The second kappa shape index (κ2) is 3.96. The number of hydrogen-bond acceptors (Lipinski definition) is 3. The molecule has 3 heteroatoms. The number of nitriles is 1. The van der Waals surface area contributed by atoms with E-state index in [-0.39, 0.29) is 0 Å². The summed E-state index contributed by atoms with van der Waals surface area (Å²) in [6.45, 7) is 1.10. The molecule has 1 aliphatic carbocycles. The molecule has 1 saturated heterocycles. The second-order valence-corrected chi connectivity index (χ2v) is 4.98. The third-order valence-electron chi connectivity index (χ3n) is 4.04. The van der Waals surface area contributed by atoms with Gasteiger partial charge in [-0.15, -0.1) is 0 Å². The van der Waals surface area contributed by atoms with Crippen molar-refractivity contribution in [3.05, 3.63) is 23.8 Å². The average Bonchev–Trinajstić information content (AvgIpc) is 3.00. The Morgan fingerprint density at radius 1 is 1.41 bits per heavy atom. The van der Waals surface area contributed by atoms with E-state index in [1.54, 1.807) is 7.11 Å². The number of fused-ring (bicyclic) bond motifs is 2. The molecule has 1 aromatic carbocycles. The Morgan fingerprint density at radius 2 is 2.29 bits per heavy atom. The lowest BCUT2D eigenvalue weighted by Crippen LogP contribution is -2.32. The Kier molecular flexibility index (Phi) is 2.44. The van der Waals surface area contributed by atoms with Crippen LogP contribution in [-0.4, -0.2) is 19.7 Å². The highest BCUT2D eigenvalue weighted by Gasteiger charge is 2.38. The maximum absolute atomic E-state index is 9.20. The van der Waals surface area contributed by atoms with Crippen LogP contribution < -0.4 is 9.64 Å². The highest BCUT2D eigenvalue weighted by Crippen LogP contribution is 2.41. The summed E-state index contributed by atoms with van der Waals surface area (Å²) in [5.41, 5.74) is 1.82. The Morgan fingerprint density at radius 3 is 2.88 bits per heavy atom. The van der Waals surface area contributed by atoms with Gasteiger partial charge in [-0.25, -0.2) is 0 Å². The van der Waals surface area contributed by atoms with Gasteiger partial charge in [0.25, 0.3) is 0 Å². The SMILES string of the molecule is COc1ccc(C#N)c(N2CC3CCC2C3)c1. The molecule has 2 fully saturated rings. The van der Waals surface area contributed by atoms with E-state index in [0.717, 1.165) is 29.5 Å². The van der Waals surface area contributed by atoms with Crippen LogP contribution in [0.5, 0.6) is 5.75 Å². The first-order valence-electron chi connectivity index (χ1n) is 6.16. The van der Waals surface area contributed by atoms with E-state index >= 15 is 0 Å². The van der Waals surface area contributed by atoms with Crippen LogP contribution in [0.3, 0.4) is 0 Å². The summed E-state index contributed by atoms with van der Waals surface area (Å²) in [6, 6.07) is 8.64. The van der Waals surface area contributed by atoms with Crippen molar-refractivity contribution in [2.45, 2.75) is 25.3 Å². The number of rotatable bonds is 2. The predicted molar refractivity (Wildman–Crippen MR) is 66.2 cm³/mol. The second-order valence-electron chi connectivity index (χ2n) is 4.98. The summed E-state index contributed by atoms with van der Waals surface area (Å²) >= 11 is 0. The lowest BCUT2D eigenvalue weighted by molar-refractivity contribution is 0.414. The van der Waals surface area contributed by atoms with Gasteiger partial charge in [-0.1, -0.05) is 0 Å². The summed E-state index contributed by atoms with van der Waals surface area (Å²) < 4.78 is 5.26. The monoisotopic (exact) mass is 228 g/mol. The molecular weight excluding hydrogens is 212 g/mol. The van der Waals surface area contributed by atoms with Gasteiger partial charge in [-0.3, -0.25) is 0 Å². The molecule has 1 saturated carbocycles. The Hall–Kier alpha value is -1.69. The van der Waals surface area contributed by atoms with E-state index < -0.39 is 0 Å². The van der Waals surface area contributed by atoms with Gasteiger partial charge < -0.3 is 9.64 Å². The van der Waals surface area contributed by atoms with Crippen molar-refractivity contribution in [3.63, 3.8) is 0 Å². The van der Waals surface area contributed by atoms with Crippen LogP contribution in [0.2, 0.25) is 0 Å². The number of nitrogens with zero attached hydrogens (tertiary/aromatic N) is 2. The van der Waals surface area contributed by atoms with Crippen LogP contribution >= 0.6 is 0 Å². The van der Waals surface area contributed by atoms with E-state index in [2.05, 4.69) is 11.0 Å². The lowest BCUT2D eigenvalue weighted by atomic mass is 10.1. The summed E-state index contributed by atoms with van der Waals surface area (Å²) in [4.78, 5) is 2.40. The molecule has 0 amide bonds. The number of ether oxygens (including phenoxy) is 1. The molecule has 88 valence electrons. The van der Waals surface area contributed by atoms with E-state index in [9.17, 15) is 5.26 Å². The van der Waals surface area contributed by atoms with Crippen molar-refractivity contribution >= 4 is 5.69 Å². The van der Waals surface area contributed by atoms with Crippen LogP contribution in [0.25, 0.3) is 0 Å². The molecule has 1 heterocycles. The van der Waals surface area contributed by atoms with Crippen molar-refractivity contribution < 1.29 is 4.74 Å². The van der Waals surface area contributed by atoms with Gasteiger partial charge in [-0.05, 0) is 37.3 Å². The topological polar surface area (TPSA) is 36.3 Å². The summed E-state index contributed by atoms with van der Waals surface area (Å²) in [5.74, 6) is 1.67. The fourth-order valence-electron chi connectivity index (χ4n) is 3.19.